The first-order valence-corrected chi connectivity index (χ1v) is 11.3. The van der Waals surface area contributed by atoms with Crippen LogP contribution in [-0.2, 0) is 11.3 Å². The summed E-state index contributed by atoms with van der Waals surface area (Å²) in [5.41, 5.74) is 6.33. The molecule has 3 aromatic heterocycles. The molecule has 4 rings (SSSR count). The van der Waals surface area contributed by atoms with E-state index in [1.165, 1.54) is 0 Å². The topological polar surface area (TPSA) is 77.2 Å². The van der Waals surface area contributed by atoms with Gasteiger partial charge in [0.15, 0.2) is 5.89 Å². The zero-order valence-electron chi connectivity index (χ0n) is 19.8. The predicted molar refractivity (Wildman–Crippen MR) is 129 cm³/mol. The highest BCUT2D eigenvalue weighted by Gasteiger charge is 2.22. The third-order valence-electron chi connectivity index (χ3n) is 5.50. The second kappa shape index (κ2) is 9.35. The number of hydrogen-bond donors (Lipinski definition) is 0. The van der Waals surface area contributed by atoms with E-state index in [1.54, 1.807) is 12.5 Å². The van der Waals surface area contributed by atoms with Crippen LogP contribution < -0.4 is 4.90 Å². The fraction of sp³-hybridized carbons (Fsp3) is 0.360. The lowest BCUT2D eigenvalue weighted by Gasteiger charge is -2.31. The van der Waals surface area contributed by atoms with Crippen molar-refractivity contribution >= 4 is 17.3 Å². The minimum Gasteiger partial charge on any atom is -0.487 e. The second-order valence-electron chi connectivity index (χ2n) is 8.60. The molecule has 0 spiro atoms. The highest BCUT2D eigenvalue weighted by molar-refractivity contribution is 6.33. The average molecular weight is 466 g/mol. The van der Waals surface area contributed by atoms with E-state index in [-0.39, 0.29) is 5.92 Å². The number of halogens is 1. The lowest BCUT2D eigenvalue weighted by molar-refractivity contribution is 0.202. The Labute approximate surface area is 199 Å². The Hall–Kier alpha value is -3.19. The minimum atomic E-state index is 0.232. The van der Waals surface area contributed by atoms with Crippen LogP contribution in [0.2, 0.25) is 5.02 Å². The van der Waals surface area contributed by atoms with E-state index in [4.69, 9.17) is 25.7 Å². The van der Waals surface area contributed by atoms with Crippen molar-refractivity contribution < 1.29 is 9.15 Å². The summed E-state index contributed by atoms with van der Waals surface area (Å²) < 4.78 is 11.3. The number of aromatic nitrogens is 4. The molecule has 0 radical (unpaired) electrons. The van der Waals surface area contributed by atoms with Gasteiger partial charge in [0.25, 0.3) is 0 Å². The molecule has 0 saturated carbocycles. The number of anilines is 1. The maximum Gasteiger partial charge on any atom is 0.191 e. The first kappa shape index (κ1) is 23.0. The number of rotatable bonds is 6. The van der Waals surface area contributed by atoms with Gasteiger partial charge in [-0.1, -0.05) is 25.4 Å². The Kier molecular flexibility index (Phi) is 6.51. The summed E-state index contributed by atoms with van der Waals surface area (Å²) in [6.45, 7) is 13.1. The number of nitrogens with zero attached hydrogens (tertiary/aromatic N) is 5. The Bertz CT molecular complexity index is 1250. The molecule has 172 valence electrons. The van der Waals surface area contributed by atoms with E-state index < -0.39 is 0 Å². The van der Waals surface area contributed by atoms with Crippen molar-refractivity contribution in [3.8, 4) is 11.4 Å². The van der Waals surface area contributed by atoms with Gasteiger partial charge < -0.3 is 14.1 Å². The van der Waals surface area contributed by atoms with Crippen LogP contribution in [0, 0.1) is 13.8 Å². The third-order valence-corrected chi connectivity index (χ3v) is 5.79. The molecule has 0 amide bonds. The van der Waals surface area contributed by atoms with Gasteiger partial charge in [-0.05, 0) is 44.1 Å². The molecule has 0 N–H and O–H groups in total. The third kappa shape index (κ3) is 4.93. The summed E-state index contributed by atoms with van der Waals surface area (Å²) in [6, 6.07) is 2.00. The molecule has 0 atom stereocenters. The van der Waals surface area contributed by atoms with E-state index in [2.05, 4.69) is 40.6 Å². The summed E-state index contributed by atoms with van der Waals surface area (Å²) >= 11 is 6.60. The molecule has 0 saturated heterocycles. The maximum atomic E-state index is 6.60. The maximum absolute atomic E-state index is 6.60. The van der Waals surface area contributed by atoms with Crippen LogP contribution in [0.4, 0.5) is 5.69 Å². The van der Waals surface area contributed by atoms with Gasteiger partial charge in [0.1, 0.15) is 30.1 Å². The smallest absolute Gasteiger partial charge is 0.191 e. The normalized spacial score (nSPS) is 14.2. The van der Waals surface area contributed by atoms with Gasteiger partial charge in [-0.25, -0.2) is 15.0 Å². The SMILES string of the molecule is CC1=CC(OCc2coc(C)n2)=C(C)CN1c1cc(-c2nc(C(C)C)ncc2C)ncc1Cl. The molecule has 1 aliphatic heterocycles. The molecule has 8 heteroatoms. The van der Waals surface area contributed by atoms with E-state index in [1.807, 2.05) is 39.1 Å². The van der Waals surface area contributed by atoms with Gasteiger partial charge in [0.05, 0.1) is 22.1 Å². The summed E-state index contributed by atoms with van der Waals surface area (Å²) in [7, 11) is 0. The summed E-state index contributed by atoms with van der Waals surface area (Å²) in [5, 5.41) is 0.581. The molecule has 1 aliphatic rings. The molecule has 0 bridgehead atoms. The Morgan fingerprint density at radius 1 is 1.12 bits per heavy atom. The van der Waals surface area contributed by atoms with Gasteiger partial charge in [-0.3, -0.25) is 4.98 Å². The quantitative estimate of drug-likeness (QED) is 0.433. The number of allylic oxidation sites excluding steroid dienone is 2. The van der Waals surface area contributed by atoms with E-state index in [0.717, 1.165) is 51.2 Å². The molecule has 0 aromatic carbocycles. The van der Waals surface area contributed by atoms with Crippen LogP contribution in [0.25, 0.3) is 11.4 Å². The predicted octanol–water partition coefficient (Wildman–Crippen LogP) is 6.13. The van der Waals surface area contributed by atoms with Crippen molar-refractivity contribution in [2.75, 3.05) is 11.4 Å². The molecule has 0 aliphatic carbocycles. The van der Waals surface area contributed by atoms with Crippen LogP contribution in [0.1, 0.15) is 56.6 Å². The lowest BCUT2D eigenvalue weighted by Crippen LogP contribution is -2.27. The first-order valence-electron chi connectivity index (χ1n) is 10.9. The Morgan fingerprint density at radius 2 is 1.91 bits per heavy atom. The van der Waals surface area contributed by atoms with Crippen LogP contribution in [0.5, 0.6) is 0 Å². The van der Waals surface area contributed by atoms with Crippen LogP contribution in [-0.4, -0.2) is 26.5 Å². The molecular formula is C25H28ClN5O2. The monoisotopic (exact) mass is 465 g/mol. The standard InChI is InChI=1S/C25H28ClN5O2/c1-14(2)25-28-9-15(3)24(30-25)21-8-22(20(26)10-27-21)31-11-16(4)23(7-17(31)5)33-13-19-12-32-18(6)29-19/h7-10,12,14H,11,13H2,1-6H3. The van der Waals surface area contributed by atoms with Crippen LogP contribution >= 0.6 is 11.6 Å². The number of hydrogen-bond acceptors (Lipinski definition) is 7. The first-order chi connectivity index (χ1) is 15.7. The van der Waals surface area contributed by atoms with Crippen molar-refractivity contribution in [3.63, 3.8) is 0 Å². The van der Waals surface area contributed by atoms with Crippen molar-refractivity contribution in [2.24, 2.45) is 0 Å². The van der Waals surface area contributed by atoms with Gasteiger partial charge in [0, 0.05) is 37.5 Å². The van der Waals surface area contributed by atoms with Crippen molar-refractivity contribution in [3.05, 3.63) is 75.8 Å². The van der Waals surface area contributed by atoms with Crippen molar-refractivity contribution in [2.45, 2.75) is 54.1 Å². The summed E-state index contributed by atoms with van der Waals surface area (Å²) in [5.74, 6) is 2.49. The van der Waals surface area contributed by atoms with Crippen LogP contribution in [0.3, 0.4) is 0 Å². The van der Waals surface area contributed by atoms with Gasteiger partial charge in [-0.2, -0.15) is 0 Å². The largest absolute Gasteiger partial charge is 0.487 e. The highest BCUT2D eigenvalue weighted by Crippen LogP contribution is 2.35. The molecule has 4 heterocycles. The van der Waals surface area contributed by atoms with Crippen molar-refractivity contribution in [1.29, 1.82) is 0 Å². The molecular weight excluding hydrogens is 438 g/mol. The van der Waals surface area contributed by atoms with E-state index >= 15 is 0 Å². The number of pyridine rings is 1. The average Bonchev–Trinajstić information content (AvgIpc) is 3.20. The molecule has 3 aromatic rings. The molecule has 33 heavy (non-hydrogen) atoms. The molecule has 7 nitrogen and oxygen atoms in total. The number of aryl methyl sites for hydroxylation is 2. The summed E-state index contributed by atoms with van der Waals surface area (Å²) in [6.07, 6.45) is 7.19. The Morgan fingerprint density at radius 3 is 2.61 bits per heavy atom. The van der Waals surface area contributed by atoms with Gasteiger partial charge in [-0.15, -0.1) is 0 Å². The lowest BCUT2D eigenvalue weighted by atomic mass is 10.1. The molecule has 0 fully saturated rings. The van der Waals surface area contributed by atoms with Gasteiger partial charge in [0.2, 0.25) is 0 Å². The van der Waals surface area contributed by atoms with Crippen LogP contribution in [0.15, 0.2) is 52.2 Å². The zero-order chi connectivity index (χ0) is 23.7. The number of ether oxygens (including phenoxy) is 1. The molecule has 0 unspecified atom stereocenters. The van der Waals surface area contributed by atoms with Gasteiger partial charge >= 0.3 is 0 Å². The van der Waals surface area contributed by atoms with Crippen molar-refractivity contribution in [1.82, 2.24) is 19.9 Å². The zero-order valence-corrected chi connectivity index (χ0v) is 20.6. The highest BCUT2D eigenvalue weighted by atomic mass is 35.5. The fourth-order valence-corrected chi connectivity index (χ4v) is 3.86. The minimum absolute atomic E-state index is 0.232. The fourth-order valence-electron chi connectivity index (χ4n) is 3.65. The number of oxazole rings is 1. The second-order valence-corrected chi connectivity index (χ2v) is 9.01. The Balaban J connectivity index is 1.61. The van der Waals surface area contributed by atoms with E-state index in [0.29, 0.717) is 24.1 Å². The van der Waals surface area contributed by atoms with E-state index in [9.17, 15) is 0 Å². The summed E-state index contributed by atoms with van der Waals surface area (Å²) in [4.78, 5) is 20.2.